The number of hydrogen-bond donors (Lipinski definition) is 1. The fraction of sp³-hybridized carbons (Fsp3) is 0.389. The summed E-state index contributed by atoms with van der Waals surface area (Å²) in [5.41, 5.74) is 2.70. The van der Waals surface area contributed by atoms with Gasteiger partial charge in [0.25, 0.3) is 0 Å². The topological polar surface area (TPSA) is 24.9 Å². The second-order valence-electron chi connectivity index (χ2n) is 5.90. The van der Waals surface area contributed by atoms with Crippen molar-refractivity contribution >= 4 is 5.82 Å². The van der Waals surface area contributed by atoms with Gasteiger partial charge in [-0.05, 0) is 35.1 Å². The number of nitrogens with one attached hydrogen (secondary N) is 1. The van der Waals surface area contributed by atoms with E-state index in [9.17, 15) is 0 Å². The summed E-state index contributed by atoms with van der Waals surface area (Å²) in [6, 6.07) is 15.2. The lowest BCUT2D eigenvalue weighted by Gasteiger charge is -2.24. The van der Waals surface area contributed by atoms with Crippen LogP contribution in [0, 0.1) is 5.92 Å². The van der Waals surface area contributed by atoms with Crippen LogP contribution in [0.25, 0.3) is 0 Å². The smallest absolute Gasteiger partial charge is 0.126 e. The SMILES string of the molecule is CC(C)c1ccc(C(Nc2ccccn2)C(C)C)cc1. The summed E-state index contributed by atoms with van der Waals surface area (Å²) in [6.45, 7) is 8.91. The van der Waals surface area contributed by atoms with E-state index in [1.807, 2.05) is 24.4 Å². The van der Waals surface area contributed by atoms with Gasteiger partial charge in [0.1, 0.15) is 5.82 Å². The molecule has 2 aromatic rings. The maximum Gasteiger partial charge on any atom is 0.126 e. The van der Waals surface area contributed by atoms with Crippen molar-refractivity contribution < 1.29 is 0 Å². The van der Waals surface area contributed by atoms with Crippen LogP contribution < -0.4 is 5.32 Å². The Labute approximate surface area is 122 Å². The molecule has 106 valence electrons. The van der Waals surface area contributed by atoms with Crippen LogP contribution in [0.15, 0.2) is 48.7 Å². The first-order valence-corrected chi connectivity index (χ1v) is 7.35. The molecule has 0 bridgehead atoms. The van der Waals surface area contributed by atoms with Gasteiger partial charge in [-0.1, -0.05) is 58.0 Å². The molecular formula is C18H24N2. The lowest BCUT2D eigenvalue weighted by Crippen LogP contribution is -2.17. The maximum atomic E-state index is 4.36. The first-order chi connectivity index (χ1) is 9.58. The first-order valence-electron chi connectivity index (χ1n) is 7.35. The van der Waals surface area contributed by atoms with Gasteiger partial charge in [-0.15, -0.1) is 0 Å². The average Bonchev–Trinajstić information content (AvgIpc) is 2.45. The van der Waals surface area contributed by atoms with Crippen molar-refractivity contribution in [1.82, 2.24) is 4.98 Å². The monoisotopic (exact) mass is 268 g/mol. The van der Waals surface area contributed by atoms with Crippen LogP contribution in [0.5, 0.6) is 0 Å². The molecule has 1 N–H and O–H groups in total. The van der Waals surface area contributed by atoms with Crippen molar-refractivity contribution in [2.45, 2.75) is 39.7 Å². The molecule has 1 atom stereocenters. The highest BCUT2D eigenvalue weighted by Gasteiger charge is 2.16. The van der Waals surface area contributed by atoms with Gasteiger partial charge in [-0.2, -0.15) is 0 Å². The molecule has 2 rings (SSSR count). The molecule has 0 spiro atoms. The van der Waals surface area contributed by atoms with E-state index in [1.165, 1.54) is 11.1 Å². The quantitative estimate of drug-likeness (QED) is 0.824. The minimum Gasteiger partial charge on any atom is -0.363 e. The van der Waals surface area contributed by atoms with Crippen molar-refractivity contribution in [2.75, 3.05) is 5.32 Å². The molecule has 1 heterocycles. The molecule has 1 aromatic heterocycles. The normalized spacial score (nSPS) is 12.7. The standard InChI is InChI=1S/C18H24N2/c1-13(2)15-8-10-16(11-9-15)18(14(3)4)20-17-7-5-6-12-19-17/h5-14,18H,1-4H3,(H,19,20). The summed E-state index contributed by atoms with van der Waals surface area (Å²) < 4.78 is 0. The number of benzene rings is 1. The van der Waals surface area contributed by atoms with Crippen molar-refractivity contribution in [3.63, 3.8) is 0 Å². The Hall–Kier alpha value is -1.83. The van der Waals surface area contributed by atoms with Crippen molar-refractivity contribution in [3.8, 4) is 0 Å². The van der Waals surface area contributed by atoms with Gasteiger partial charge in [0.2, 0.25) is 0 Å². The van der Waals surface area contributed by atoms with Crippen molar-refractivity contribution in [2.24, 2.45) is 5.92 Å². The molecule has 2 nitrogen and oxygen atoms in total. The van der Waals surface area contributed by atoms with E-state index in [0.717, 1.165) is 5.82 Å². The summed E-state index contributed by atoms with van der Waals surface area (Å²) in [6.07, 6.45) is 1.82. The summed E-state index contributed by atoms with van der Waals surface area (Å²) in [5.74, 6) is 2.01. The molecule has 2 heteroatoms. The lowest BCUT2D eigenvalue weighted by atomic mass is 9.93. The molecule has 1 aromatic carbocycles. The molecule has 20 heavy (non-hydrogen) atoms. The molecule has 0 aliphatic heterocycles. The van der Waals surface area contributed by atoms with E-state index in [1.54, 1.807) is 0 Å². The highest BCUT2D eigenvalue weighted by atomic mass is 15.0. The Morgan fingerprint density at radius 1 is 0.850 bits per heavy atom. The van der Waals surface area contributed by atoms with E-state index in [2.05, 4.69) is 62.3 Å². The maximum absolute atomic E-state index is 4.36. The predicted molar refractivity (Wildman–Crippen MR) is 86.0 cm³/mol. The van der Waals surface area contributed by atoms with Gasteiger partial charge in [-0.25, -0.2) is 4.98 Å². The van der Waals surface area contributed by atoms with Crippen LogP contribution in [-0.4, -0.2) is 4.98 Å². The second-order valence-corrected chi connectivity index (χ2v) is 5.90. The number of anilines is 1. The zero-order chi connectivity index (χ0) is 14.5. The lowest BCUT2D eigenvalue weighted by molar-refractivity contribution is 0.544. The zero-order valence-electron chi connectivity index (χ0n) is 12.8. The molecule has 0 amide bonds. The highest BCUT2D eigenvalue weighted by Crippen LogP contribution is 2.27. The Morgan fingerprint density at radius 2 is 1.50 bits per heavy atom. The minimum absolute atomic E-state index is 0.283. The van der Waals surface area contributed by atoms with Crippen molar-refractivity contribution in [3.05, 3.63) is 59.8 Å². The summed E-state index contributed by atoms with van der Waals surface area (Å²) in [7, 11) is 0. The Balaban J connectivity index is 2.20. The average molecular weight is 268 g/mol. The van der Waals surface area contributed by atoms with E-state index < -0.39 is 0 Å². The van der Waals surface area contributed by atoms with Gasteiger partial charge in [-0.3, -0.25) is 0 Å². The van der Waals surface area contributed by atoms with Crippen LogP contribution >= 0.6 is 0 Å². The van der Waals surface area contributed by atoms with E-state index in [-0.39, 0.29) is 6.04 Å². The molecule has 1 unspecified atom stereocenters. The number of nitrogens with zero attached hydrogens (tertiary/aromatic N) is 1. The molecule has 0 fully saturated rings. The third-order valence-corrected chi connectivity index (χ3v) is 3.60. The predicted octanol–water partition coefficient (Wildman–Crippen LogP) is 5.01. The third kappa shape index (κ3) is 3.60. The Morgan fingerprint density at radius 3 is 2.00 bits per heavy atom. The van der Waals surface area contributed by atoms with Gasteiger partial charge in [0.05, 0.1) is 6.04 Å². The summed E-state index contributed by atoms with van der Waals surface area (Å²) in [5, 5.41) is 3.53. The minimum atomic E-state index is 0.283. The van der Waals surface area contributed by atoms with E-state index >= 15 is 0 Å². The summed E-state index contributed by atoms with van der Waals surface area (Å²) >= 11 is 0. The molecule has 0 radical (unpaired) electrons. The van der Waals surface area contributed by atoms with Gasteiger partial charge in [0, 0.05) is 6.20 Å². The van der Waals surface area contributed by atoms with Gasteiger partial charge >= 0.3 is 0 Å². The first kappa shape index (κ1) is 14.6. The molecular weight excluding hydrogens is 244 g/mol. The van der Waals surface area contributed by atoms with Crippen LogP contribution in [-0.2, 0) is 0 Å². The fourth-order valence-electron chi connectivity index (χ4n) is 2.33. The molecule has 0 saturated heterocycles. The number of pyridine rings is 1. The second kappa shape index (κ2) is 6.56. The van der Waals surface area contributed by atoms with E-state index in [4.69, 9.17) is 0 Å². The molecule has 0 aliphatic carbocycles. The van der Waals surface area contributed by atoms with Crippen LogP contribution in [0.4, 0.5) is 5.82 Å². The van der Waals surface area contributed by atoms with Crippen LogP contribution in [0.1, 0.15) is 50.8 Å². The summed E-state index contributed by atoms with van der Waals surface area (Å²) in [4.78, 5) is 4.36. The van der Waals surface area contributed by atoms with Crippen molar-refractivity contribution in [1.29, 1.82) is 0 Å². The molecule has 0 saturated carbocycles. The molecule has 0 aliphatic rings. The largest absolute Gasteiger partial charge is 0.363 e. The van der Waals surface area contributed by atoms with Gasteiger partial charge < -0.3 is 5.32 Å². The number of rotatable bonds is 5. The number of aromatic nitrogens is 1. The van der Waals surface area contributed by atoms with Crippen LogP contribution in [0.2, 0.25) is 0 Å². The Bertz CT molecular complexity index is 515. The van der Waals surface area contributed by atoms with Gasteiger partial charge in [0.15, 0.2) is 0 Å². The Kier molecular flexibility index (Phi) is 4.78. The highest BCUT2D eigenvalue weighted by molar-refractivity contribution is 5.39. The number of hydrogen-bond acceptors (Lipinski definition) is 2. The van der Waals surface area contributed by atoms with E-state index in [0.29, 0.717) is 11.8 Å². The fourth-order valence-corrected chi connectivity index (χ4v) is 2.33. The third-order valence-electron chi connectivity index (χ3n) is 3.60. The zero-order valence-corrected chi connectivity index (χ0v) is 12.8. The van der Waals surface area contributed by atoms with Crippen LogP contribution in [0.3, 0.4) is 0 Å².